The molecule has 0 bridgehead atoms. The van der Waals surface area contributed by atoms with Gasteiger partial charge in [0.15, 0.2) is 0 Å². The highest BCUT2D eigenvalue weighted by molar-refractivity contribution is 6.36. The molecule has 78 valence electrons. The SMILES string of the molecule is CO[SiH](OC)OCCCCC(=O)O. The maximum absolute atomic E-state index is 10.1. The lowest BCUT2D eigenvalue weighted by molar-refractivity contribution is -0.137. The smallest absolute Gasteiger partial charge is 0.481 e. The van der Waals surface area contributed by atoms with E-state index in [0.29, 0.717) is 13.0 Å². The van der Waals surface area contributed by atoms with Crippen LogP contribution in [0.1, 0.15) is 19.3 Å². The second kappa shape index (κ2) is 8.18. The first-order valence-corrected chi connectivity index (χ1v) is 5.51. The molecule has 0 heterocycles. The average Bonchev–Trinajstić information content (AvgIpc) is 2.11. The monoisotopic (exact) mass is 208 g/mol. The van der Waals surface area contributed by atoms with E-state index in [9.17, 15) is 4.79 Å². The van der Waals surface area contributed by atoms with Gasteiger partial charge in [0.1, 0.15) is 0 Å². The van der Waals surface area contributed by atoms with Crippen molar-refractivity contribution >= 4 is 15.5 Å². The molecule has 0 amide bonds. The normalized spacial score (nSPS) is 10.7. The average molecular weight is 208 g/mol. The molecule has 13 heavy (non-hydrogen) atoms. The van der Waals surface area contributed by atoms with Crippen LogP contribution < -0.4 is 0 Å². The molecule has 0 rings (SSSR count). The Morgan fingerprint density at radius 3 is 2.38 bits per heavy atom. The highest BCUT2D eigenvalue weighted by Crippen LogP contribution is 1.97. The van der Waals surface area contributed by atoms with Gasteiger partial charge in [-0.1, -0.05) is 0 Å². The molecule has 0 aliphatic rings. The fraction of sp³-hybridized carbons (Fsp3) is 0.857. The maximum Gasteiger partial charge on any atom is 0.483 e. The summed E-state index contributed by atoms with van der Waals surface area (Å²) in [6.07, 6.45) is 1.54. The summed E-state index contributed by atoms with van der Waals surface area (Å²) in [6, 6.07) is 0. The summed E-state index contributed by atoms with van der Waals surface area (Å²) in [7, 11) is 1.17. The Kier molecular flexibility index (Phi) is 7.91. The van der Waals surface area contributed by atoms with Gasteiger partial charge in [-0.05, 0) is 12.8 Å². The summed E-state index contributed by atoms with van der Waals surface area (Å²) in [5.74, 6) is -0.771. The van der Waals surface area contributed by atoms with Crippen LogP contribution in [-0.2, 0) is 18.1 Å². The van der Waals surface area contributed by atoms with Gasteiger partial charge in [-0.15, -0.1) is 0 Å². The van der Waals surface area contributed by atoms with Crippen LogP contribution in [0.25, 0.3) is 0 Å². The number of rotatable bonds is 8. The van der Waals surface area contributed by atoms with E-state index < -0.39 is 15.5 Å². The van der Waals surface area contributed by atoms with Gasteiger partial charge in [0.2, 0.25) is 0 Å². The first kappa shape index (κ1) is 12.6. The van der Waals surface area contributed by atoms with Gasteiger partial charge in [0.05, 0.1) is 0 Å². The Hall–Kier alpha value is -0.433. The fourth-order valence-corrected chi connectivity index (χ4v) is 1.61. The molecule has 0 spiro atoms. The minimum absolute atomic E-state index is 0.190. The number of hydrogen-bond donors (Lipinski definition) is 1. The predicted octanol–water partition coefficient (Wildman–Crippen LogP) is 0.268. The molecule has 0 saturated heterocycles. The topological polar surface area (TPSA) is 65.0 Å². The molecule has 0 unspecified atom stereocenters. The van der Waals surface area contributed by atoms with Crippen LogP contribution in [0.2, 0.25) is 0 Å². The zero-order valence-corrected chi connectivity index (χ0v) is 9.14. The molecule has 0 aromatic carbocycles. The van der Waals surface area contributed by atoms with Gasteiger partial charge in [0.25, 0.3) is 0 Å². The number of hydrogen-bond acceptors (Lipinski definition) is 4. The quantitative estimate of drug-likeness (QED) is 0.458. The summed E-state index contributed by atoms with van der Waals surface area (Å²) in [5, 5.41) is 8.33. The van der Waals surface area contributed by atoms with Gasteiger partial charge in [0, 0.05) is 27.2 Å². The summed E-state index contributed by atoms with van der Waals surface area (Å²) in [4.78, 5) is 10.1. The van der Waals surface area contributed by atoms with Gasteiger partial charge >= 0.3 is 15.5 Å². The van der Waals surface area contributed by atoms with Crippen LogP contribution in [0, 0.1) is 0 Å². The van der Waals surface area contributed by atoms with Crippen molar-refractivity contribution in [1.82, 2.24) is 0 Å². The summed E-state index contributed by atoms with van der Waals surface area (Å²) < 4.78 is 15.0. The Morgan fingerprint density at radius 1 is 1.31 bits per heavy atom. The van der Waals surface area contributed by atoms with E-state index in [1.165, 1.54) is 14.2 Å². The molecule has 1 N–H and O–H groups in total. The summed E-state index contributed by atoms with van der Waals surface area (Å²) in [5.41, 5.74) is 0. The molecule has 0 radical (unpaired) electrons. The molecule has 0 aliphatic heterocycles. The van der Waals surface area contributed by atoms with Crippen molar-refractivity contribution in [2.75, 3.05) is 20.8 Å². The molecular formula is C7H16O5Si. The highest BCUT2D eigenvalue weighted by Gasteiger charge is 2.09. The molecular weight excluding hydrogens is 192 g/mol. The Labute approximate surface area is 79.6 Å². The summed E-state index contributed by atoms with van der Waals surface area (Å²) in [6.45, 7) is 0.506. The largest absolute Gasteiger partial charge is 0.483 e. The number of carboxylic acids is 1. The van der Waals surface area contributed by atoms with Crippen molar-refractivity contribution in [3.05, 3.63) is 0 Å². The zero-order chi connectivity index (χ0) is 10.1. The van der Waals surface area contributed by atoms with E-state index in [0.717, 1.165) is 6.42 Å². The van der Waals surface area contributed by atoms with Crippen molar-refractivity contribution in [3.63, 3.8) is 0 Å². The van der Waals surface area contributed by atoms with Gasteiger partial charge in [-0.3, -0.25) is 4.79 Å². The molecule has 6 heteroatoms. The van der Waals surface area contributed by atoms with E-state index in [1.54, 1.807) is 0 Å². The Balaban J connectivity index is 3.19. The third-order valence-corrected chi connectivity index (χ3v) is 2.70. The molecule has 0 atom stereocenters. The van der Waals surface area contributed by atoms with Gasteiger partial charge in [-0.25, -0.2) is 0 Å². The van der Waals surface area contributed by atoms with Crippen LogP contribution in [0.3, 0.4) is 0 Å². The predicted molar refractivity (Wildman–Crippen MR) is 48.6 cm³/mol. The number of unbranched alkanes of at least 4 members (excludes halogenated alkanes) is 1. The summed E-state index contributed by atoms with van der Waals surface area (Å²) >= 11 is 0. The maximum atomic E-state index is 10.1. The van der Waals surface area contributed by atoms with E-state index in [4.69, 9.17) is 18.4 Å². The first-order valence-electron chi connectivity index (χ1n) is 4.09. The van der Waals surface area contributed by atoms with Crippen LogP contribution in [0.15, 0.2) is 0 Å². The van der Waals surface area contributed by atoms with Crippen LogP contribution in [-0.4, -0.2) is 41.4 Å². The lowest BCUT2D eigenvalue weighted by Gasteiger charge is -2.10. The van der Waals surface area contributed by atoms with Gasteiger partial charge in [-0.2, -0.15) is 0 Å². The standard InChI is InChI=1S/C7H16O5Si/c1-10-13(11-2)12-6-4-3-5-7(8)9/h13H,3-6H2,1-2H3,(H,8,9). The molecule has 0 aromatic heterocycles. The Morgan fingerprint density at radius 2 is 1.92 bits per heavy atom. The van der Waals surface area contributed by atoms with E-state index in [-0.39, 0.29) is 6.42 Å². The molecule has 5 nitrogen and oxygen atoms in total. The van der Waals surface area contributed by atoms with Gasteiger partial charge < -0.3 is 18.4 Å². The number of carboxylic acid groups (broad SMARTS) is 1. The number of aliphatic carboxylic acids is 1. The second-order valence-electron chi connectivity index (χ2n) is 2.48. The second-order valence-corrected chi connectivity index (χ2v) is 4.34. The fourth-order valence-electron chi connectivity index (χ4n) is 0.790. The van der Waals surface area contributed by atoms with E-state index in [1.807, 2.05) is 0 Å². The lowest BCUT2D eigenvalue weighted by atomic mass is 10.2. The Bertz CT molecular complexity index is 137. The molecule has 0 fully saturated rings. The van der Waals surface area contributed by atoms with E-state index in [2.05, 4.69) is 0 Å². The third-order valence-electron chi connectivity index (χ3n) is 1.42. The van der Waals surface area contributed by atoms with Crippen molar-refractivity contribution in [2.24, 2.45) is 0 Å². The van der Waals surface area contributed by atoms with Crippen molar-refractivity contribution < 1.29 is 23.2 Å². The van der Waals surface area contributed by atoms with Crippen molar-refractivity contribution in [3.8, 4) is 0 Å². The van der Waals surface area contributed by atoms with Crippen LogP contribution in [0.4, 0.5) is 0 Å². The van der Waals surface area contributed by atoms with E-state index >= 15 is 0 Å². The lowest BCUT2D eigenvalue weighted by Crippen LogP contribution is -2.24. The minimum Gasteiger partial charge on any atom is -0.481 e. The first-order chi connectivity index (χ1) is 6.20. The molecule has 0 aromatic rings. The minimum atomic E-state index is -1.91. The zero-order valence-electron chi connectivity index (χ0n) is 7.99. The van der Waals surface area contributed by atoms with Crippen molar-refractivity contribution in [1.29, 1.82) is 0 Å². The number of carbonyl (C=O) groups is 1. The van der Waals surface area contributed by atoms with Crippen LogP contribution in [0.5, 0.6) is 0 Å². The molecule has 0 aliphatic carbocycles. The highest BCUT2D eigenvalue weighted by atomic mass is 28.3. The third kappa shape index (κ3) is 7.91. The van der Waals surface area contributed by atoms with Crippen LogP contribution >= 0.6 is 0 Å². The van der Waals surface area contributed by atoms with Crippen molar-refractivity contribution in [2.45, 2.75) is 19.3 Å². The molecule has 0 saturated carbocycles.